The minimum Gasteiger partial charge on any atom is -0.506 e. The lowest BCUT2D eigenvalue weighted by atomic mass is 10.2. The molecule has 3 N–H and O–H groups in total. The van der Waals surface area contributed by atoms with Crippen molar-refractivity contribution in [1.82, 2.24) is 0 Å². The number of hydrogen-bond acceptors (Lipinski definition) is 3. The zero-order valence-corrected chi connectivity index (χ0v) is 9.25. The normalized spacial score (nSPS) is 12.6. The lowest BCUT2D eigenvalue weighted by molar-refractivity contribution is 0.473. The van der Waals surface area contributed by atoms with Crippen molar-refractivity contribution < 1.29 is 5.11 Å². The maximum atomic E-state index is 9.54. The van der Waals surface area contributed by atoms with Crippen LogP contribution in [-0.2, 0) is 0 Å². The van der Waals surface area contributed by atoms with Gasteiger partial charge in [-0.15, -0.1) is 0 Å². The summed E-state index contributed by atoms with van der Waals surface area (Å²) in [6, 6.07) is 5.25. The van der Waals surface area contributed by atoms with Gasteiger partial charge < -0.3 is 15.7 Å². The highest BCUT2D eigenvalue weighted by atomic mass is 79.9. The molecular weight excluding hydrogens is 232 g/mol. The fourth-order valence-corrected chi connectivity index (χ4v) is 1.35. The van der Waals surface area contributed by atoms with Crippen LogP contribution in [0.25, 0.3) is 0 Å². The number of hydrogen-bond donors (Lipinski definition) is 2. The van der Waals surface area contributed by atoms with E-state index >= 15 is 0 Å². The molecule has 13 heavy (non-hydrogen) atoms. The molecule has 0 radical (unpaired) electrons. The zero-order chi connectivity index (χ0) is 10.0. The highest BCUT2D eigenvalue weighted by molar-refractivity contribution is 9.10. The van der Waals surface area contributed by atoms with Gasteiger partial charge >= 0.3 is 0 Å². The Bertz CT molecular complexity index is 302. The highest BCUT2D eigenvalue weighted by Gasteiger charge is 2.09. The van der Waals surface area contributed by atoms with Gasteiger partial charge in [0, 0.05) is 11.5 Å². The van der Waals surface area contributed by atoms with Crippen molar-refractivity contribution in [2.75, 3.05) is 11.9 Å². The van der Waals surface area contributed by atoms with E-state index in [9.17, 15) is 5.11 Å². The molecule has 0 aliphatic carbocycles. The monoisotopic (exact) mass is 244 g/mol. The van der Waals surface area contributed by atoms with Crippen LogP contribution >= 0.6 is 15.9 Å². The van der Waals surface area contributed by atoms with Gasteiger partial charge in [0.2, 0.25) is 0 Å². The number of phenolic OH excluding ortho intramolecular Hbond substituents is 1. The second-order valence-corrected chi connectivity index (χ2v) is 3.90. The van der Waals surface area contributed by atoms with Crippen LogP contribution in [0.1, 0.15) is 6.92 Å². The Morgan fingerprint density at radius 2 is 2.15 bits per heavy atom. The number of aromatic hydroxyl groups is 1. The molecular formula is C9H13BrN2O. The summed E-state index contributed by atoms with van der Waals surface area (Å²) >= 11 is 3.34. The van der Waals surface area contributed by atoms with Gasteiger partial charge in [0.15, 0.2) is 0 Å². The summed E-state index contributed by atoms with van der Waals surface area (Å²) in [5.74, 6) is 0.239. The SMILES string of the molecule is CC(N)N(C)c1cc(Br)ccc1O. The Morgan fingerprint density at radius 3 is 2.69 bits per heavy atom. The van der Waals surface area contributed by atoms with E-state index in [0.29, 0.717) is 0 Å². The van der Waals surface area contributed by atoms with Crippen LogP contribution in [-0.4, -0.2) is 18.3 Å². The Hall–Kier alpha value is -0.740. The molecule has 3 nitrogen and oxygen atoms in total. The van der Waals surface area contributed by atoms with Crippen LogP contribution in [0.2, 0.25) is 0 Å². The van der Waals surface area contributed by atoms with Gasteiger partial charge in [0.1, 0.15) is 5.75 Å². The van der Waals surface area contributed by atoms with E-state index < -0.39 is 0 Å². The first-order valence-electron chi connectivity index (χ1n) is 3.99. The quantitative estimate of drug-likeness (QED) is 0.782. The Balaban J connectivity index is 3.05. The molecule has 4 heteroatoms. The summed E-state index contributed by atoms with van der Waals surface area (Å²) in [5.41, 5.74) is 6.41. The molecule has 0 aliphatic heterocycles. The van der Waals surface area contributed by atoms with Crippen molar-refractivity contribution in [1.29, 1.82) is 0 Å². The van der Waals surface area contributed by atoms with E-state index in [2.05, 4.69) is 15.9 Å². The fraction of sp³-hybridized carbons (Fsp3) is 0.333. The molecule has 1 aromatic rings. The first-order chi connectivity index (χ1) is 6.02. The van der Waals surface area contributed by atoms with Crippen LogP contribution < -0.4 is 10.6 Å². The molecule has 0 heterocycles. The number of anilines is 1. The number of rotatable bonds is 2. The Morgan fingerprint density at radius 1 is 1.54 bits per heavy atom. The van der Waals surface area contributed by atoms with E-state index in [-0.39, 0.29) is 11.9 Å². The standard InChI is InChI=1S/C9H13BrN2O/c1-6(11)12(2)8-5-7(10)3-4-9(8)13/h3-6,13H,11H2,1-2H3. The molecule has 0 saturated carbocycles. The summed E-state index contributed by atoms with van der Waals surface area (Å²) in [6.45, 7) is 1.86. The van der Waals surface area contributed by atoms with Gasteiger partial charge in [-0.3, -0.25) is 0 Å². The molecule has 0 spiro atoms. The molecule has 0 aromatic heterocycles. The van der Waals surface area contributed by atoms with Crippen LogP contribution in [0, 0.1) is 0 Å². The minimum absolute atomic E-state index is 0.125. The van der Waals surface area contributed by atoms with Gasteiger partial charge in [-0.2, -0.15) is 0 Å². The molecule has 1 aromatic carbocycles. The Labute approximate surface area is 86.3 Å². The molecule has 0 amide bonds. The van der Waals surface area contributed by atoms with Crippen LogP contribution in [0.5, 0.6) is 5.75 Å². The lowest BCUT2D eigenvalue weighted by Gasteiger charge is -2.24. The van der Waals surface area contributed by atoms with Gasteiger partial charge in [-0.1, -0.05) is 15.9 Å². The smallest absolute Gasteiger partial charge is 0.138 e. The summed E-state index contributed by atoms with van der Waals surface area (Å²) in [7, 11) is 1.84. The van der Waals surface area contributed by atoms with Crippen molar-refractivity contribution >= 4 is 21.6 Å². The molecule has 1 unspecified atom stereocenters. The summed E-state index contributed by atoms with van der Waals surface area (Å²) < 4.78 is 0.924. The van der Waals surface area contributed by atoms with E-state index in [1.807, 2.05) is 20.0 Å². The average Bonchev–Trinajstić information content (AvgIpc) is 2.08. The number of halogens is 1. The van der Waals surface area contributed by atoms with E-state index in [0.717, 1.165) is 10.2 Å². The molecule has 1 atom stereocenters. The summed E-state index contributed by atoms with van der Waals surface area (Å²) in [5, 5.41) is 9.54. The lowest BCUT2D eigenvalue weighted by Crippen LogP contribution is -2.36. The number of phenols is 1. The number of nitrogens with zero attached hydrogens (tertiary/aromatic N) is 1. The predicted molar refractivity (Wildman–Crippen MR) is 57.9 cm³/mol. The Kier molecular flexibility index (Phi) is 3.17. The van der Waals surface area contributed by atoms with Crippen LogP contribution in [0.15, 0.2) is 22.7 Å². The highest BCUT2D eigenvalue weighted by Crippen LogP contribution is 2.29. The van der Waals surface area contributed by atoms with E-state index in [1.54, 1.807) is 17.0 Å². The predicted octanol–water partition coefficient (Wildman–Crippen LogP) is 1.90. The first kappa shape index (κ1) is 10.3. The van der Waals surface area contributed by atoms with E-state index in [1.165, 1.54) is 0 Å². The molecule has 0 saturated heterocycles. The number of benzene rings is 1. The zero-order valence-electron chi connectivity index (χ0n) is 7.66. The molecule has 0 fully saturated rings. The molecule has 0 bridgehead atoms. The van der Waals surface area contributed by atoms with E-state index in [4.69, 9.17) is 5.73 Å². The van der Waals surface area contributed by atoms with Crippen LogP contribution in [0.4, 0.5) is 5.69 Å². The fourth-order valence-electron chi connectivity index (χ4n) is 0.998. The van der Waals surface area contributed by atoms with Crippen molar-refractivity contribution in [2.24, 2.45) is 5.73 Å². The van der Waals surface area contributed by atoms with Gasteiger partial charge in [-0.25, -0.2) is 0 Å². The maximum Gasteiger partial charge on any atom is 0.138 e. The number of nitrogens with two attached hydrogens (primary N) is 1. The molecule has 0 aliphatic rings. The maximum absolute atomic E-state index is 9.54. The second-order valence-electron chi connectivity index (χ2n) is 2.98. The third kappa shape index (κ3) is 2.35. The third-order valence-corrected chi connectivity index (χ3v) is 2.42. The van der Waals surface area contributed by atoms with Crippen molar-refractivity contribution in [3.63, 3.8) is 0 Å². The second kappa shape index (κ2) is 3.98. The topological polar surface area (TPSA) is 49.5 Å². The van der Waals surface area contributed by atoms with Gasteiger partial charge in [0.25, 0.3) is 0 Å². The molecule has 72 valence electrons. The minimum atomic E-state index is -0.125. The van der Waals surface area contributed by atoms with Crippen LogP contribution in [0.3, 0.4) is 0 Å². The molecule has 1 rings (SSSR count). The first-order valence-corrected chi connectivity index (χ1v) is 4.78. The van der Waals surface area contributed by atoms with Gasteiger partial charge in [-0.05, 0) is 25.1 Å². The average molecular weight is 245 g/mol. The summed E-state index contributed by atoms with van der Waals surface area (Å²) in [4.78, 5) is 1.81. The third-order valence-electron chi connectivity index (χ3n) is 1.93. The largest absolute Gasteiger partial charge is 0.506 e. The van der Waals surface area contributed by atoms with Crippen molar-refractivity contribution in [3.8, 4) is 5.75 Å². The van der Waals surface area contributed by atoms with Gasteiger partial charge in [0.05, 0.1) is 11.9 Å². The van der Waals surface area contributed by atoms with Crippen molar-refractivity contribution in [2.45, 2.75) is 13.1 Å². The van der Waals surface area contributed by atoms with Crippen molar-refractivity contribution in [3.05, 3.63) is 22.7 Å². The summed E-state index contributed by atoms with van der Waals surface area (Å²) in [6.07, 6.45) is -0.125.